The normalized spacial score (nSPS) is 26.3. The molecular formula is C29H26FN3O3S. The fourth-order valence-electron chi connectivity index (χ4n) is 6.20. The molecule has 3 aliphatic rings. The Hall–Kier alpha value is -3.49. The molecule has 6 nitrogen and oxygen atoms in total. The van der Waals surface area contributed by atoms with Gasteiger partial charge in [-0.3, -0.25) is 19.7 Å². The van der Waals surface area contributed by atoms with E-state index in [-0.39, 0.29) is 36.1 Å². The van der Waals surface area contributed by atoms with Crippen LogP contribution in [0.1, 0.15) is 17.5 Å². The second-order valence-corrected chi connectivity index (χ2v) is 10.7. The van der Waals surface area contributed by atoms with Crippen LogP contribution in [0.3, 0.4) is 0 Å². The first-order valence-corrected chi connectivity index (χ1v) is 13.7. The number of imide groups is 1. The van der Waals surface area contributed by atoms with Gasteiger partial charge in [0.1, 0.15) is 11.4 Å². The average Bonchev–Trinajstić information content (AvgIpc) is 3.48. The lowest BCUT2D eigenvalue weighted by Gasteiger charge is -2.30. The van der Waals surface area contributed by atoms with Gasteiger partial charge >= 0.3 is 0 Å². The van der Waals surface area contributed by atoms with Crippen LogP contribution in [0, 0.1) is 17.7 Å². The van der Waals surface area contributed by atoms with Crippen molar-refractivity contribution in [2.75, 3.05) is 21.8 Å². The Morgan fingerprint density at radius 3 is 2.35 bits per heavy atom. The fraction of sp³-hybridized carbons (Fsp3) is 0.276. The van der Waals surface area contributed by atoms with Crippen LogP contribution in [0.4, 0.5) is 15.8 Å². The van der Waals surface area contributed by atoms with Crippen LogP contribution in [0.2, 0.25) is 0 Å². The van der Waals surface area contributed by atoms with Crippen molar-refractivity contribution in [3.8, 4) is 0 Å². The molecule has 3 heterocycles. The predicted octanol–water partition coefficient (Wildman–Crippen LogP) is 4.10. The van der Waals surface area contributed by atoms with Crippen molar-refractivity contribution in [3.05, 3.63) is 95.8 Å². The summed E-state index contributed by atoms with van der Waals surface area (Å²) in [6.07, 6.45) is 2.65. The van der Waals surface area contributed by atoms with Gasteiger partial charge in [0.2, 0.25) is 11.8 Å². The Labute approximate surface area is 218 Å². The summed E-state index contributed by atoms with van der Waals surface area (Å²) in [6, 6.07) is 22.1. The van der Waals surface area contributed by atoms with Gasteiger partial charge in [-0.05, 0) is 54.3 Å². The highest BCUT2D eigenvalue weighted by molar-refractivity contribution is 7.98. The van der Waals surface area contributed by atoms with Gasteiger partial charge < -0.3 is 4.90 Å². The van der Waals surface area contributed by atoms with E-state index in [0.29, 0.717) is 23.4 Å². The summed E-state index contributed by atoms with van der Waals surface area (Å²) < 4.78 is 13.5. The lowest BCUT2D eigenvalue weighted by atomic mass is 9.76. The molecule has 1 spiro atoms. The number of hydrogen-bond donors (Lipinski definition) is 1. The van der Waals surface area contributed by atoms with E-state index in [1.165, 1.54) is 17.0 Å². The molecule has 188 valence electrons. The number of fused-ring (bicyclic) bond motifs is 4. The van der Waals surface area contributed by atoms with Gasteiger partial charge in [0.25, 0.3) is 5.91 Å². The molecule has 1 N–H and O–H groups in total. The number of carbonyl (C=O) groups excluding carboxylic acids is 3. The highest BCUT2D eigenvalue weighted by Crippen LogP contribution is 2.55. The standard InChI is InChI=1S/C29H26FN3O3S/c1-37-16-15-22-24-25(27(35)33(26(24)34)20-7-3-2-4-8-20)29(31-22)21-9-5-6-10-23(21)32(28(29)36)17-18-11-13-19(30)14-12-18/h2-14,22,24-25,31H,15-17H2,1H3/t22-,24+,25+,29+/m1/s1. The summed E-state index contributed by atoms with van der Waals surface area (Å²) >= 11 is 1.67. The number of thioether (sulfide) groups is 1. The molecule has 37 heavy (non-hydrogen) atoms. The number of nitrogens with zero attached hydrogens (tertiary/aromatic N) is 2. The Kier molecular flexibility index (Phi) is 5.88. The number of hydrogen-bond acceptors (Lipinski definition) is 5. The molecule has 0 aromatic heterocycles. The summed E-state index contributed by atoms with van der Waals surface area (Å²) in [5.74, 6) is -1.94. The van der Waals surface area contributed by atoms with Gasteiger partial charge in [-0.1, -0.05) is 48.5 Å². The minimum Gasteiger partial charge on any atom is -0.306 e. The van der Waals surface area contributed by atoms with Crippen molar-refractivity contribution in [1.82, 2.24) is 5.32 Å². The summed E-state index contributed by atoms with van der Waals surface area (Å²) in [4.78, 5) is 45.3. The van der Waals surface area contributed by atoms with E-state index in [4.69, 9.17) is 0 Å². The third kappa shape index (κ3) is 3.54. The molecule has 3 aromatic rings. The molecule has 2 fully saturated rings. The smallest absolute Gasteiger partial charge is 0.253 e. The molecule has 0 aliphatic carbocycles. The lowest BCUT2D eigenvalue weighted by Crippen LogP contribution is -2.55. The molecule has 8 heteroatoms. The van der Waals surface area contributed by atoms with E-state index >= 15 is 0 Å². The van der Waals surface area contributed by atoms with E-state index < -0.39 is 17.4 Å². The van der Waals surface area contributed by atoms with Gasteiger partial charge in [-0.25, -0.2) is 9.29 Å². The zero-order valence-electron chi connectivity index (χ0n) is 20.3. The van der Waals surface area contributed by atoms with Gasteiger partial charge in [0, 0.05) is 17.3 Å². The minimum absolute atomic E-state index is 0.233. The van der Waals surface area contributed by atoms with E-state index in [9.17, 15) is 18.8 Å². The van der Waals surface area contributed by atoms with Crippen molar-refractivity contribution >= 4 is 40.9 Å². The Balaban J connectivity index is 1.47. The molecule has 0 unspecified atom stereocenters. The van der Waals surface area contributed by atoms with Crippen LogP contribution in [-0.4, -0.2) is 35.8 Å². The molecule has 3 aliphatic heterocycles. The maximum Gasteiger partial charge on any atom is 0.253 e. The van der Waals surface area contributed by atoms with Crippen molar-refractivity contribution in [3.63, 3.8) is 0 Å². The topological polar surface area (TPSA) is 69.7 Å². The molecule has 4 atom stereocenters. The summed E-state index contributed by atoms with van der Waals surface area (Å²) in [5.41, 5.74) is 1.36. The van der Waals surface area contributed by atoms with E-state index in [0.717, 1.165) is 11.3 Å². The predicted molar refractivity (Wildman–Crippen MR) is 142 cm³/mol. The summed E-state index contributed by atoms with van der Waals surface area (Å²) in [6.45, 7) is 0.233. The molecular weight excluding hydrogens is 489 g/mol. The van der Waals surface area contributed by atoms with Crippen molar-refractivity contribution < 1.29 is 18.8 Å². The molecule has 0 bridgehead atoms. The first-order chi connectivity index (χ1) is 18.0. The van der Waals surface area contributed by atoms with Gasteiger partial charge in [0.15, 0.2) is 0 Å². The third-order valence-corrected chi connectivity index (χ3v) is 8.41. The minimum atomic E-state index is -1.35. The van der Waals surface area contributed by atoms with Crippen LogP contribution in [0.25, 0.3) is 0 Å². The zero-order chi connectivity index (χ0) is 25.7. The SMILES string of the molecule is CSCC[C@H]1N[C@]2(C(=O)N(Cc3ccc(F)cc3)c3ccccc32)[C@@H]2C(=O)N(c3ccccc3)C(=O)[C@H]21. The summed E-state index contributed by atoms with van der Waals surface area (Å²) in [7, 11) is 0. The quantitative estimate of drug-likeness (QED) is 0.501. The first-order valence-electron chi connectivity index (χ1n) is 12.3. The van der Waals surface area contributed by atoms with Crippen LogP contribution >= 0.6 is 11.8 Å². The number of halogens is 1. The van der Waals surface area contributed by atoms with E-state index in [1.807, 2.05) is 36.6 Å². The Morgan fingerprint density at radius 2 is 1.62 bits per heavy atom. The maximum atomic E-state index is 14.4. The Bertz CT molecular complexity index is 1380. The second-order valence-electron chi connectivity index (χ2n) is 9.73. The van der Waals surface area contributed by atoms with Gasteiger partial charge in [0.05, 0.1) is 24.1 Å². The number of benzene rings is 3. The molecule has 2 saturated heterocycles. The second kappa shape index (κ2) is 9.11. The van der Waals surface area contributed by atoms with E-state index in [1.54, 1.807) is 53.1 Å². The number of rotatable bonds is 6. The lowest BCUT2D eigenvalue weighted by molar-refractivity contribution is -0.132. The van der Waals surface area contributed by atoms with Crippen LogP contribution in [0.15, 0.2) is 78.9 Å². The van der Waals surface area contributed by atoms with Crippen molar-refractivity contribution in [2.45, 2.75) is 24.5 Å². The largest absolute Gasteiger partial charge is 0.306 e. The fourth-order valence-corrected chi connectivity index (χ4v) is 6.69. The third-order valence-electron chi connectivity index (χ3n) is 7.77. The number of amides is 3. The van der Waals surface area contributed by atoms with Crippen LogP contribution in [-0.2, 0) is 26.5 Å². The molecule has 6 rings (SSSR count). The number of carbonyl (C=O) groups is 3. The molecule has 3 amide bonds. The number of nitrogens with one attached hydrogen (secondary N) is 1. The van der Waals surface area contributed by atoms with Gasteiger partial charge in [-0.2, -0.15) is 11.8 Å². The van der Waals surface area contributed by atoms with Crippen molar-refractivity contribution in [2.24, 2.45) is 11.8 Å². The monoisotopic (exact) mass is 515 g/mol. The zero-order valence-corrected chi connectivity index (χ0v) is 21.1. The molecule has 0 radical (unpaired) electrons. The first kappa shape index (κ1) is 23.9. The molecule has 3 aromatic carbocycles. The van der Waals surface area contributed by atoms with Crippen LogP contribution < -0.4 is 15.1 Å². The van der Waals surface area contributed by atoms with E-state index in [2.05, 4.69) is 5.32 Å². The highest BCUT2D eigenvalue weighted by atomic mass is 32.2. The van der Waals surface area contributed by atoms with Gasteiger partial charge in [-0.15, -0.1) is 0 Å². The maximum absolute atomic E-state index is 14.4. The number of anilines is 2. The van der Waals surface area contributed by atoms with Crippen LogP contribution in [0.5, 0.6) is 0 Å². The van der Waals surface area contributed by atoms with Crippen molar-refractivity contribution in [1.29, 1.82) is 0 Å². The Morgan fingerprint density at radius 1 is 0.919 bits per heavy atom. The summed E-state index contributed by atoms with van der Waals surface area (Å²) in [5, 5.41) is 3.53. The number of para-hydroxylation sites is 2. The molecule has 0 saturated carbocycles. The average molecular weight is 516 g/mol. The highest BCUT2D eigenvalue weighted by Gasteiger charge is 2.71.